The molecule has 3 saturated carbocycles. The number of nitrogens with one attached hydrogen (secondary N) is 1. The molecule has 0 aromatic rings. The summed E-state index contributed by atoms with van der Waals surface area (Å²) in [5.41, 5.74) is -0.0557. The Morgan fingerprint density at radius 3 is 2.56 bits per heavy atom. The molecule has 3 heteroatoms. The van der Waals surface area contributed by atoms with E-state index in [1.54, 1.807) is 0 Å². The molecule has 3 rings (SSSR count). The standard InChI is InChI=1S/C13H21NO2/c1-2-12(16)14-8-13(9-15)7-10-3-5-11(13)6-4-10/h2,10-11,15H,1,3-9H2,(H,14,16). The first-order valence-electron chi connectivity index (χ1n) is 6.21. The summed E-state index contributed by atoms with van der Waals surface area (Å²) in [6.45, 7) is 4.25. The van der Waals surface area contributed by atoms with Crippen LogP contribution in [0.5, 0.6) is 0 Å². The Morgan fingerprint density at radius 2 is 2.12 bits per heavy atom. The number of fused-ring (bicyclic) bond motifs is 3. The maximum Gasteiger partial charge on any atom is 0.243 e. The lowest BCUT2D eigenvalue weighted by molar-refractivity contribution is -0.118. The normalized spacial score (nSPS) is 37.1. The molecule has 0 spiro atoms. The number of rotatable bonds is 4. The quantitative estimate of drug-likeness (QED) is 0.709. The lowest BCUT2D eigenvalue weighted by atomic mass is 9.56. The van der Waals surface area contributed by atoms with Crippen LogP contribution in [0, 0.1) is 17.3 Å². The Hall–Kier alpha value is -0.830. The highest BCUT2D eigenvalue weighted by molar-refractivity contribution is 5.86. The third-order valence-electron chi connectivity index (χ3n) is 4.52. The number of aliphatic hydroxyl groups is 1. The third-order valence-corrected chi connectivity index (χ3v) is 4.52. The first-order chi connectivity index (χ1) is 7.70. The van der Waals surface area contributed by atoms with E-state index in [1.807, 2.05) is 0 Å². The predicted octanol–water partition coefficient (Wildman–Crippen LogP) is 1.48. The van der Waals surface area contributed by atoms with Gasteiger partial charge in [-0.2, -0.15) is 0 Å². The molecule has 0 aromatic carbocycles. The van der Waals surface area contributed by atoms with Crippen LogP contribution >= 0.6 is 0 Å². The van der Waals surface area contributed by atoms with Crippen molar-refractivity contribution in [3.63, 3.8) is 0 Å². The van der Waals surface area contributed by atoms with Gasteiger partial charge in [-0.05, 0) is 37.2 Å². The fourth-order valence-corrected chi connectivity index (χ4v) is 3.52. The second kappa shape index (κ2) is 4.58. The van der Waals surface area contributed by atoms with Gasteiger partial charge >= 0.3 is 0 Å². The van der Waals surface area contributed by atoms with E-state index in [4.69, 9.17) is 0 Å². The monoisotopic (exact) mass is 223 g/mol. The van der Waals surface area contributed by atoms with Gasteiger partial charge in [0.25, 0.3) is 0 Å². The van der Waals surface area contributed by atoms with Crippen LogP contribution in [-0.4, -0.2) is 24.2 Å². The highest BCUT2D eigenvalue weighted by Gasteiger charge is 2.46. The van der Waals surface area contributed by atoms with Crippen molar-refractivity contribution in [2.45, 2.75) is 32.1 Å². The van der Waals surface area contributed by atoms with Crippen molar-refractivity contribution in [2.24, 2.45) is 17.3 Å². The number of amides is 1. The van der Waals surface area contributed by atoms with Gasteiger partial charge in [-0.25, -0.2) is 0 Å². The molecule has 0 saturated heterocycles. The summed E-state index contributed by atoms with van der Waals surface area (Å²) < 4.78 is 0. The van der Waals surface area contributed by atoms with E-state index in [-0.39, 0.29) is 17.9 Å². The SMILES string of the molecule is C=CC(=O)NCC1(CO)CC2CCC1CC2. The van der Waals surface area contributed by atoms with Gasteiger partial charge in [-0.3, -0.25) is 4.79 Å². The van der Waals surface area contributed by atoms with Crippen LogP contribution in [-0.2, 0) is 4.79 Å². The Morgan fingerprint density at radius 1 is 1.44 bits per heavy atom. The minimum Gasteiger partial charge on any atom is -0.396 e. The van der Waals surface area contributed by atoms with Gasteiger partial charge in [0.05, 0.1) is 6.61 Å². The van der Waals surface area contributed by atoms with Gasteiger partial charge in [0.1, 0.15) is 0 Å². The summed E-state index contributed by atoms with van der Waals surface area (Å²) >= 11 is 0. The molecular weight excluding hydrogens is 202 g/mol. The van der Waals surface area contributed by atoms with Crippen LogP contribution in [0.1, 0.15) is 32.1 Å². The van der Waals surface area contributed by atoms with Crippen LogP contribution in [0.2, 0.25) is 0 Å². The van der Waals surface area contributed by atoms with Crippen LogP contribution < -0.4 is 5.32 Å². The maximum absolute atomic E-state index is 11.2. The predicted molar refractivity (Wildman–Crippen MR) is 62.8 cm³/mol. The molecule has 0 heterocycles. The molecule has 1 unspecified atom stereocenters. The average molecular weight is 223 g/mol. The van der Waals surface area contributed by atoms with Crippen molar-refractivity contribution in [1.82, 2.24) is 5.32 Å². The average Bonchev–Trinajstić information content (AvgIpc) is 2.37. The van der Waals surface area contributed by atoms with Crippen molar-refractivity contribution < 1.29 is 9.90 Å². The molecule has 3 aliphatic rings. The number of aliphatic hydroxyl groups excluding tert-OH is 1. The molecule has 1 amide bonds. The number of hydrogen-bond donors (Lipinski definition) is 2. The Labute approximate surface area is 96.9 Å². The van der Waals surface area contributed by atoms with Crippen LogP contribution in [0.4, 0.5) is 0 Å². The molecule has 3 fully saturated rings. The van der Waals surface area contributed by atoms with Crippen molar-refractivity contribution in [1.29, 1.82) is 0 Å². The van der Waals surface area contributed by atoms with E-state index >= 15 is 0 Å². The topological polar surface area (TPSA) is 49.3 Å². The van der Waals surface area contributed by atoms with Crippen molar-refractivity contribution in [3.8, 4) is 0 Å². The third kappa shape index (κ3) is 2.01. The molecule has 16 heavy (non-hydrogen) atoms. The Bertz CT molecular complexity index is 282. The van der Waals surface area contributed by atoms with Crippen LogP contribution in [0.3, 0.4) is 0 Å². The Kier molecular flexibility index (Phi) is 3.33. The van der Waals surface area contributed by atoms with Crippen molar-refractivity contribution >= 4 is 5.91 Å². The lowest BCUT2D eigenvalue weighted by Gasteiger charge is -2.51. The molecule has 0 aliphatic heterocycles. The molecule has 90 valence electrons. The fourth-order valence-electron chi connectivity index (χ4n) is 3.52. The van der Waals surface area contributed by atoms with Gasteiger partial charge in [0, 0.05) is 12.0 Å². The highest BCUT2D eigenvalue weighted by Crippen LogP contribution is 2.51. The summed E-state index contributed by atoms with van der Waals surface area (Å²) in [6.07, 6.45) is 7.42. The number of carbonyl (C=O) groups excluding carboxylic acids is 1. The molecule has 1 atom stereocenters. The largest absolute Gasteiger partial charge is 0.396 e. The zero-order valence-electron chi connectivity index (χ0n) is 9.74. The van der Waals surface area contributed by atoms with Gasteiger partial charge in [0.15, 0.2) is 0 Å². The smallest absolute Gasteiger partial charge is 0.243 e. The minimum absolute atomic E-state index is 0.0557. The molecule has 3 nitrogen and oxygen atoms in total. The molecule has 2 bridgehead atoms. The molecular formula is C13H21NO2. The zero-order valence-corrected chi connectivity index (χ0v) is 9.74. The fraction of sp³-hybridized carbons (Fsp3) is 0.769. The van der Waals surface area contributed by atoms with Crippen LogP contribution in [0.25, 0.3) is 0 Å². The van der Waals surface area contributed by atoms with Gasteiger partial charge in [-0.1, -0.05) is 19.4 Å². The lowest BCUT2D eigenvalue weighted by Crippen LogP contribution is -2.50. The molecule has 3 aliphatic carbocycles. The number of carbonyl (C=O) groups is 1. The van der Waals surface area contributed by atoms with E-state index in [0.29, 0.717) is 12.5 Å². The van der Waals surface area contributed by atoms with E-state index in [9.17, 15) is 9.90 Å². The van der Waals surface area contributed by atoms with E-state index in [1.165, 1.54) is 31.8 Å². The van der Waals surface area contributed by atoms with Crippen molar-refractivity contribution in [2.75, 3.05) is 13.2 Å². The second-order valence-corrected chi connectivity index (χ2v) is 5.36. The van der Waals surface area contributed by atoms with Gasteiger partial charge in [-0.15, -0.1) is 0 Å². The van der Waals surface area contributed by atoms with Crippen molar-refractivity contribution in [3.05, 3.63) is 12.7 Å². The summed E-state index contributed by atoms with van der Waals surface area (Å²) in [5, 5.41) is 12.5. The summed E-state index contributed by atoms with van der Waals surface area (Å²) in [6, 6.07) is 0. The molecule has 2 N–H and O–H groups in total. The van der Waals surface area contributed by atoms with E-state index in [2.05, 4.69) is 11.9 Å². The highest BCUT2D eigenvalue weighted by atomic mass is 16.3. The second-order valence-electron chi connectivity index (χ2n) is 5.36. The first-order valence-corrected chi connectivity index (χ1v) is 6.21. The maximum atomic E-state index is 11.2. The minimum atomic E-state index is -0.130. The summed E-state index contributed by atoms with van der Waals surface area (Å²) in [5.74, 6) is 1.22. The molecule has 0 radical (unpaired) electrons. The van der Waals surface area contributed by atoms with E-state index < -0.39 is 0 Å². The zero-order chi connectivity index (χ0) is 11.6. The number of hydrogen-bond acceptors (Lipinski definition) is 2. The Balaban J connectivity index is 2.01. The first kappa shape index (κ1) is 11.6. The molecule has 0 aromatic heterocycles. The summed E-state index contributed by atoms with van der Waals surface area (Å²) in [7, 11) is 0. The van der Waals surface area contributed by atoms with Crippen LogP contribution in [0.15, 0.2) is 12.7 Å². The van der Waals surface area contributed by atoms with Gasteiger partial charge in [0.2, 0.25) is 5.91 Å². The van der Waals surface area contributed by atoms with Gasteiger partial charge < -0.3 is 10.4 Å². The van der Waals surface area contributed by atoms with E-state index in [0.717, 1.165) is 12.3 Å². The summed E-state index contributed by atoms with van der Waals surface area (Å²) in [4.78, 5) is 11.2.